The van der Waals surface area contributed by atoms with Crippen molar-refractivity contribution >= 4 is 17.4 Å². The van der Waals surface area contributed by atoms with Crippen LogP contribution in [0.2, 0.25) is 0 Å². The lowest BCUT2D eigenvalue weighted by molar-refractivity contribution is 0.0859. The summed E-state index contributed by atoms with van der Waals surface area (Å²) in [5.74, 6) is -0.606. The van der Waals surface area contributed by atoms with Gasteiger partial charge in [-0.15, -0.1) is 0 Å². The molecule has 1 aliphatic carbocycles. The van der Waals surface area contributed by atoms with E-state index in [1.807, 2.05) is 0 Å². The number of hydrogen-bond acceptors (Lipinski definition) is 5. The first-order chi connectivity index (χ1) is 11.5. The Morgan fingerprint density at radius 3 is 3.04 bits per heavy atom. The Labute approximate surface area is 139 Å². The van der Waals surface area contributed by atoms with Crippen molar-refractivity contribution in [1.82, 2.24) is 9.78 Å². The van der Waals surface area contributed by atoms with Gasteiger partial charge in [-0.05, 0) is 43.0 Å². The number of fused-ring (bicyclic) bond motifs is 2. The first-order valence-electron chi connectivity index (χ1n) is 8.24. The molecule has 2 heterocycles. The summed E-state index contributed by atoms with van der Waals surface area (Å²) in [6, 6.07) is 4.53. The van der Waals surface area contributed by atoms with Crippen molar-refractivity contribution in [2.75, 3.05) is 17.6 Å². The minimum Gasteiger partial charge on any atom is -0.385 e. The zero-order chi connectivity index (χ0) is 16.8. The van der Waals surface area contributed by atoms with Crippen molar-refractivity contribution in [3.05, 3.63) is 40.8 Å². The van der Waals surface area contributed by atoms with Crippen LogP contribution in [0.25, 0.3) is 0 Å². The maximum Gasteiger partial charge on any atom is 0.256 e. The summed E-state index contributed by atoms with van der Waals surface area (Å²) in [6.45, 7) is 0.654. The third-order valence-corrected chi connectivity index (χ3v) is 4.97. The molecule has 1 aliphatic heterocycles. The summed E-state index contributed by atoms with van der Waals surface area (Å²) in [5.41, 5.74) is 15.4. The highest BCUT2D eigenvalue weighted by Gasteiger charge is 2.32. The third kappa shape index (κ3) is 2.36. The van der Waals surface area contributed by atoms with Gasteiger partial charge in [0.1, 0.15) is 11.6 Å². The van der Waals surface area contributed by atoms with E-state index in [4.69, 9.17) is 11.5 Å². The molecule has 0 fully saturated rings. The van der Waals surface area contributed by atoms with Crippen LogP contribution in [0.5, 0.6) is 0 Å². The Kier molecular flexibility index (Phi) is 3.53. The molecule has 2 atom stereocenters. The summed E-state index contributed by atoms with van der Waals surface area (Å²) in [6.07, 6.45) is 2.81. The number of nitrogens with zero attached hydrogens (tertiary/aromatic N) is 2. The van der Waals surface area contributed by atoms with Crippen molar-refractivity contribution in [2.24, 2.45) is 5.73 Å². The van der Waals surface area contributed by atoms with Crippen molar-refractivity contribution in [2.45, 2.75) is 37.6 Å². The van der Waals surface area contributed by atoms with Gasteiger partial charge < -0.3 is 16.8 Å². The molecule has 0 amide bonds. The van der Waals surface area contributed by atoms with Crippen LogP contribution in [0.3, 0.4) is 0 Å². The number of nitrogen functional groups attached to an aromatic ring is 1. The molecule has 2 aliphatic rings. The second-order valence-electron chi connectivity index (χ2n) is 6.56. The number of benzene rings is 1. The smallest absolute Gasteiger partial charge is 0.256 e. The highest BCUT2D eigenvalue weighted by Crippen LogP contribution is 2.35. The van der Waals surface area contributed by atoms with E-state index in [2.05, 4.69) is 10.4 Å². The lowest BCUT2D eigenvalue weighted by atomic mass is 9.90. The molecule has 5 N–H and O–H groups in total. The van der Waals surface area contributed by atoms with E-state index >= 15 is 0 Å². The molecule has 0 saturated carbocycles. The molecule has 6 nitrogen and oxygen atoms in total. The topological polar surface area (TPSA) is 99.0 Å². The van der Waals surface area contributed by atoms with Gasteiger partial charge in [0.05, 0.1) is 11.6 Å². The molecule has 1 unspecified atom stereocenters. The van der Waals surface area contributed by atoms with Gasteiger partial charge in [0.15, 0.2) is 0 Å². The van der Waals surface area contributed by atoms with Gasteiger partial charge in [0.2, 0.25) is 0 Å². The number of nitrogens with two attached hydrogens (primary N) is 2. The Balaban J connectivity index is 1.72. The SMILES string of the molecule is Nc1c2c(nn1C(=O)C1CCNc3ccc(F)cc31)C[C@H](N)CC2. The molecule has 24 heavy (non-hydrogen) atoms. The summed E-state index contributed by atoms with van der Waals surface area (Å²) in [5, 5.41) is 7.62. The van der Waals surface area contributed by atoms with Crippen molar-refractivity contribution in [3.63, 3.8) is 0 Å². The monoisotopic (exact) mass is 329 g/mol. The molecule has 126 valence electrons. The van der Waals surface area contributed by atoms with Crippen molar-refractivity contribution in [1.29, 1.82) is 0 Å². The number of carbonyl (C=O) groups excluding carboxylic acids is 1. The average molecular weight is 329 g/mol. The van der Waals surface area contributed by atoms with E-state index in [-0.39, 0.29) is 17.8 Å². The Bertz CT molecular complexity index is 816. The number of nitrogens with one attached hydrogen (secondary N) is 1. The number of rotatable bonds is 1. The third-order valence-electron chi connectivity index (χ3n) is 4.97. The van der Waals surface area contributed by atoms with Crippen molar-refractivity contribution < 1.29 is 9.18 Å². The zero-order valence-electron chi connectivity index (χ0n) is 13.3. The van der Waals surface area contributed by atoms with E-state index in [1.54, 1.807) is 6.07 Å². The zero-order valence-corrected chi connectivity index (χ0v) is 13.3. The lowest BCUT2D eigenvalue weighted by Gasteiger charge is -2.25. The lowest BCUT2D eigenvalue weighted by Crippen LogP contribution is -2.28. The fourth-order valence-corrected chi connectivity index (χ4v) is 3.69. The quantitative estimate of drug-likeness (QED) is 0.739. The van der Waals surface area contributed by atoms with Gasteiger partial charge in [-0.2, -0.15) is 9.78 Å². The molecule has 1 aromatic heterocycles. The van der Waals surface area contributed by atoms with Crippen LogP contribution in [0.4, 0.5) is 15.9 Å². The van der Waals surface area contributed by atoms with Crippen LogP contribution in [-0.2, 0) is 12.8 Å². The molecule has 2 aromatic rings. The number of carbonyl (C=O) groups is 1. The van der Waals surface area contributed by atoms with Gasteiger partial charge in [-0.1, -0.05) is 0 Å². The fourth-order valence-electron chi connectivity index (χ4n) is 3.69. The Morgan fingerprint density at radius 2 is 2.21 bits per heavy atom. The van der Waals surface area contributed by atoms with E-state index < -0.39 is 5.92 Å². The van der Waals surface area contributed by atoms with E-state index in [1.165, 1.54) is 16.8 Å². The predicted molar refractivity (Wildman–Crippen MR) is 89.5 cm³/mol. The van der Waals surface area contributed by atoms with Gasteiger partial charge >= 0.3 is 0 Å². The second kappa shape index (κ2) is 5.59. The second-order valence-corrected chi connectivity index (χ2v) is 6.56. The van der Waals surface area contributed by atoms with Gasteiger partial charge in [-0.25, -0.2) is 4.39 Å². The van der Waals surface area contributed by atoms with Crippen LogP contribution in [0.15, 0.2) is 18.2 Å². The van der Waals surface area contributed by atoms with E-state index in [0.717, 1.165) is 29.8 Å². The van der Waals surface area contributed by atoms with Crippen LogP contribution in [-0.4, -0.2) is 28.3 Å². The fraction of sp³-hybridized carbons (Fsp3) is 0.412. The summed E-state index contributed by atoms with van der Waals surface area (Å²) < 4.78 is 14.9. The number of halogens is 1. The number of aromatic nitrogens is 2. The van der Waals surface area contributed by atoms with Crippen LogP contribution in [0, 0.1) is 5.82 Å². The highest BCUT2D eigenvalue weighted by atomic mass is 19.1. The number of hydrogen-bond donors (Lipinski definition) is 3. The molecular weight excluding hydrogens is 309 g/mol. The van der Waals surface area contributed by atoms with Crippen molar-refractivity contribution in [3.8, 4) is 0 Å². The average Bonchev–Trinajstić information content (AvgIpc) is 2.89. The molecule has 7 heteroatoms. The molecule has 0 spiro atoms. The van der Waals surface area contributed by atoms with E-state index in [9.17, 15) is 9.18 Å². The van der Waals surface area contributed by atoms with Gasteiger partial charge in [0.25, 0.3) is 5.91 Å². The van der Waals surface area contributed by atoms with Gasteiger partial charge in [-0.3, -0.25) is 4.79 Å². The first-order valence-corrected chi connectivity index (χ1v) is 8.24. The molecule has 1 aromatic carbocycles. The van der Waals surface area contributed by atoms with E-state index in [0.29, 0.717) is 30.8 Å². The predicted octanol–water partition coefficient (Wildman–Crippen LogP) is 1.66. The van der Waals surface area contributed by atoms with Crippen LogP contribution in [0.1, 0.15) is 40.4 Å². The van der Waals surface area contributed by atoms with Crippen LogP contribution >= 0.6 is 0 Å². The Hall–Kier alpha value is -2.41. The molecule has 0 bridgehead atoms. The maximum absolute atomic E-state index is 13.6. The molecule has 0 saturated heterocycles. The molecule has 0 radical (unpaired) electrons. The maximum atomic E-state index is 13.6. The van der Waals surface area contributed by atoms with Gasteiger partial charge in [0, 0.05) is 30.3 Å². The minimum absolute atomic E-state index is 0.0593. The summed E-state index contributed by atoms with van der Waals surface area (Å²) in [4.78, 5) is 13.0. The first kappa shape index (κ1) is 15.1. The Morgan fingerprint density at radius 1 is 1.38 bits per heavy atom. The summed E-state index contributed by atoms with van der Waals surface area (Å²) in [7, 11) is 0. The normalized spacial score (nSPS) is 22.4. The largest absolute Gasteiger partial charge is 0.385 e. The number of anilines is 2. The van der Waals surface area contributed by atoms with Crippen LogP contribution < -0.4 is 16.8 Å². The molecule has 4 rings (SSSR count). The standard InChI is InChI=1S/C17H20FN5O/c18-9-1-4-14-13(7-9)11(5-6-21-14)17(24)23-16(20)12-3-2-10(19)8-15(12)22-23/h1,4,7,10-11,21H,2-3,5-6,8,19-20H2/t10-,11?/m1/s1. The molecular formula is C17H20FN5O. The summed E-state index contributed by atoms with van der Waals surface area (Å²) >= 11 is 0. The highest BCUT2D eigenvalue weighted by molar-refractivity contribution is 5.90. The minimum atomic E-state index is -0.450.